The second-order valence-electron chi connectivity index (χ2n) is 8.34. The van der Waals surface area contributed by atoms with Gasteiger partial charge in [-0.2, -0.15) is 18.3 Å². The summed E-state index contributed by atoms with van der Waals surface area (Å²) in [6.07, 6.45) is -2.16. The lowest BCUT2D eigenvalue weighted by atomic mass is 10.0. The molecule has 0 bridgehead atoms. The highest BCUT2D eigenvalue weighted by Crippen LogP contribution is 2.44. The summed E-state index contributed by atoms with van der Waals surface area (Å²) in [5.41, 5.74) is 1.12. The average Bonchev–Trinajstić information content (AvgIpc) is 3.53. The van der Waals surface area contributed by atoms with Gasteiger partial charge >= 0.3 is 6.18 Å². The Bertz CT molecular complexity index is 1150. The first-order chi connectivity index (χ1) is 16.3. The van der Waals surface area contributed by atoms with Crippen molar-refractivity contribution in [3.8, 4) is 5.75 Å². The van der Waals surface area contributed by atoms with E-state index in [0.29, 0.717) is 31.9 Å². The lowest BCUT2D eigenvalue weighted by Gasteiger charge is -2.37. The van der Waals surface area contributed by atoms with Crippen LogP contribution in [0.25, 0.3) is 0 Å². The Balaban J connectivity index is 1.35. The van der Waals surface area contributed by atoms with Crippen LogP contribution in [0.1, 0.15) is 34.6 Å². The number of aromatic nitrogens is 2. The van der Waals surface area contributed by atoms with Crippen LogP contribution in [0, 0.1) is 0 Å². The Hall–Kier alpha value is -3.63. The molecule has 1 aromatic carbocycles. The number of rotatable bonds is 4. The minimum absolute atomic E-state index is 0.0650. The Morgan fingerprint density at radius 1 is 1.18 bits per heavy atom. The van der Waals surface area contributed by atoms with E-state index in [1.165, 1.54) is 12.5 Å². The summed E-state index contributed by atoms with van der Waals surface area (Å²) in [5.74, 6) is 0.848. The Kier molecular flexibility index (Phi) is 5.62. The van der Waals surface area contributed by atoms with E-state index < -0.39 is 18.3 Å². The summed E-state index contributed by atoms with van der Waals surface area (Å²) in [5, 5.41) is 7.00. The zero-order valence-electron chi connectivity index (χ0n) is 18.5. The molecule has 4 heterocycles. The third-order valence-electron chi connectivity index (χ3n) is 6.34. The van der Waals surface area contributed by atoms with E-state index in [2.05, 4.69) is 15.3 Å². The number of methoxy groups -OCH3 is 1. The molecule has 1 fully saturated rings. The smallest absolute Gasteiger partial charge is 0.410 e. The van der Waals surface area contributed by atoms with Crippen LogP contribution in [0.3, 0.4) is 0 Å². The number of halogens is 3. The SMILES string of the molecule is COc1cccc(N2CCN(C(=O)c3cnn4c3NC(c3ccco3)CC4C(F)(F)F)CC2)c1. The van der Waals surface area contributed by atoms with E-state index in [0.717, 1.165) is 16.1 Å². The van der Waals surface area contributed by atoms with Crippen LogP contribution in [0.2, 0.25) is 0 Å². The van der Waals surface area contributed by atoms with Gasteiger partial charge in [0.25, 0.3) is 5.91 Å². The third-order valence-corrected chi connectivity index (χ3v) is 6.34. The highest BCUT2D eigenvalue weighted by Gasteiger charge is 2.48. The zero-order chi connectivity index (χ0) is 23.9. The normalized spacial score (nSPS) is 20.6. The summed E-state index contributed by atoms with van der Waals surface area (Å²) in [6, 6.07) is 8.35. The number of hydrogen-bond acceptors (Lipinski definition) is 6. The first-order valence-corrected chi connectivity index (χ1v) is 11.0. The first kappa shape index (κ1) is 22.2. The summed E-state index contributed by atoms with van der Waals surface area (Å²) < 4.78 is 53.0. The van der Waals surface area contributed by atoms with Gasteiger partial charge < -0.3 is 24.3 Å². The van der Waals surface area contributed by atoms with E-state index in [1.807, 2.05) is 24.3 Å². The fourth-order valence-electron chi connectivity index (χ4n) is 4.54. The minimum Gasteiger partial charge on any atom is -0.497 e. The lowest BCUT2D eigenvalue weighted by molar-refractivity contribution is -0.174. The maximum atomic E-state index is 13.8. The second kappa shape index (κ2) is 8.62. The molecule has 1 amide bonds. The number of furan rings is 1. The monoisotopic (exact) mass is 475 g/mol. The molecule has 2 atom stereocenters. The van der Waals surface area contributed by atoms with E-state index >= 15 is 0 Å². The number of nitrogens with one attached hydrogen (secondary N) is 1. The molecule has 180 valence electrons. The number of carbonyl (C=O) groups is 1. The molecule has 34 heavy (non-hydrogen) atoms. The van der Waals surface area contributed by atoms with Gasteiger partial charge in [-0.3, -0.25) is 4.79 Å². The van der Waals surface area contributed by atoms with Gasteiger partial charge in [0.15, 0.2) is 6.04 Å². The van der Waals surface area contributed by atoms with Crippen molar-refractivity contribution in [2.45, 2.75) is 24.7 Å². The number of benzene rings is 1. The molecule has 2 aliphatic rings. The lowest BCUT2D eigenvalue weighted by Crippen LogP contribution is -2.49. The van der Waals surface area contributed by atoms with Gasteiger partial charge in [-0.1, -0.05) is 6.07 Å². The fourth-order valence-corrected chi connectivity index (χ4v) is 4.54. The molecule has 3 aromatic rings. The van der Waals surface area contributed by atoms with Crippen LogP contribution >= 0.6 is 0 Å². The van der Waals surface area contributed by atoms with Crippen molar-refractivity contribution in [2.24, 2.45) is 0 Å². The van der Waals surface area contributed by atoms with E-state index in [9.17, 15) is 18.0 Å². The van der Waals surface area contributed by atoms with Crippen molar-refractivity contribution >= 4 is 17.4 Å². The van der Waals surface area contributed by atoms with Crippen molar-refractivity contribution in [1.29, 1.82) is 0 Å². The average molecular weight is 475 g/mol. The van der Waals surface area contributed by atoms with E-state index in [1.54, 1.807) is 24.1 Å². The third kappa shape index (κ3) is 4.06. The molecule has 8 nitrogen and oxygen atoms in total. The van der Waals surface area contributed by atoms with Crippen LogP contribution in [0.4, 0.5) is 24.7 Å². The second-order valence-corrected chi connectivity index (χ2v) is 8.34. The summed E-state index contributed by atoms with van der Waals surface area (Å²) >= 11 is 0. The van der Waals surface area contributed by atoms with Gasteiger partial charge in [-0.05, 0) is 24.3 Å². The van der Waals surface area contributed by atoms with E-state index in [4.69, 9.17) is 9.15 Å². The van der Waals surface area contributed by atoms with Gasteiger partial charge in [0.2, 0.25) is 0 Å². The van der Waals surface area contributed by atoms with Crippen molar-refractivity contribution in [3.05, 3.63) is 60.2 Å². The maximum absolute atomic E-state index is 13.8. The molecule has 2 aromatic heterocycles. The number of piperazine rings is 1. The minimum atomic E-state index is -4.52. The molecule has 0 spiro atoms. The molecule has 0 saturated carbocycles. The van der Waals surface area contributed by atoms with Gasteiger partial charge in [0, 0.05) is 44.4 Å². The molecule has 2 unspecified atom stereocenters. The van der Waals surface area contributed by atoms with Crippen LogP contribution in [-0.4, -0.2) is 60.1 Å². The molecular formula is C23H24F3N5O3. The van der Waals surface area contributed by atoms with Crippen LogP contribution in [0.5, 0.6) is 5.75 Å². The van der Waals surface area contributed by atoms with Crippen LogP contribution in [0.15, 0.2) is 53.3 Å². The van der Waals surface area contributed by atoms with Crippen LogP contribution in [-0.2, 0) is 0 Å². The summed E-state index contributed by atoms with van der Waals surface area (Å²) in [6.45, 7) is 2.06. The fraction of sp³-hybridized carbons (Fsp3) is 0.391. The maximum Gasteiger partial charge on any atom is 0.410 e. The number of amides is 1. The number of carbonyl (C=O) groups excluding carboxylic acids is 1. The van der Waals surface area contributed by atoms with Crippen molar-refractivity contribution in [3.63, 3.8) is 0 Å². The largest absolute Gasteiger partial charge is 0.497 e. The zero-order valence-corrected chi connectivity index (χ0v) is 18.5. The van der Waals surface area contributed by atoms with Crippen LogP contribution < -0.4 is 15.0 Å². The summed E-state index contributed by atoms with van der Waals surface area (Å²) in [4.78, 5) is 17.1. The van der Waals surface area contributed by atoms with E-state index in [-0.39, 0.29) is 23.7 Å². The predicted molar refractivity (Wildman–Crippen MR) is 118 cm³/mol. The molecule has 0 aliphatic carbocycles. The molecule has 11 heteroatoms. The van der Waals surface area contributed by atoms with Gasteiger partial charge in [0.1, 0.15) is 22.9 Å². The highest BCUT2D eigenvalue weighted by molar-refractivity contribution is 5.99. The van der Waals surface area contributed by atoms with Gasteiger partial charge in [-0.15, -0.1) is 0 Å². The highest BCUT2D eigenvalue weighted by atomic mass is 19.4. The number of hydrogen-bond donors (Lipinski definition) is 1. The van der Waals surface area contributed by atoms with Gasteiger partial charge in [0.05, 0.1) is 25.6 Å². The predicted octanol–water partition coefficient (Wildman–Crippen LogP) is 4.11. The number of ether oxygens (including phenoxy) is 1. The van der Waals surface area contributed by atoms with Crippen molar-refractivity contribution in [1.82, 2.24) is 14.7 Å². The van der Waals surface area contributed by atoms with Crippen molar-refractivity contribution in [2.75, 3.05) is 43.5 Å². The molecule has 1 saturated heterocycles. The Morgan fingerprint density at radius 3 is 2.65 bits per heavy atom. The number of fused-ring (bicyclic) bond motifs is 1. The van der Waals surface area contributed by atoms with Gasteiger partial charge in [-0.25, -0.2) is 4.68 Å². The first-order valence-electron chi connectivity index (χ1n) is 11.0. The molecule has 1 N–H and O–H groups in total. The topological polar surface area (TPSA) is 75.8 Å². The standard InChI is InChI=1S/C23H24F3N5O3/c1-33-16-5-2-4-15(12-16)29-7-9-30(10-8-29)22(32)17-14-27-31-20(23(24,25)26)13-18(28-21(17)31)19-6-3-11-34-19/h2-6,11-12,14,18,20,28H,7-10,13H2,1H3. The molecule has 2 aliphatic heterocycles. The number of anilines is 2. The Labute approximate surface area is 193 Å². The molecule has 5 rings (SSSR count). The summed E-state index contributed by atoms with van der Waals surface area (Å²) in [7, 11) is 1.61. The quantitative estimate of drug-likeness (QED) is 0.612. The Morgan fingerprint density at radius 2 is 1.97 bits per heavy atom. The molecular weight excluding hydrogens is 451 g/mol. The number of nitrogens with zero attached hydrogens (tertiary/aromatic N) is 4. The molecule has 0 radical (unpaired) electrons. The van der Waals surface area contributed by atoms with Crippen molar-refractivity contribution < 1.29 is 27.1 Å². The number of alkyl halides is 3.